The van der Waals surface area contributed by atoms with Crippen LogP contribution in [0, 0.1) is 0 Å². The van der Waals surface area contributed by atoms with Crippen molar-refractivity contribution in [1.82, 2.24) is 0 Å². The molecule has 0 aliphatic carbocycles. The maximum atomic E-state index is 4.53. The van der Waals surface area contributed by atoms with E-state index in [1.165, 1.54) is 6.26 Å². The zero-order chi connectivity index (χ0) is 7.07. The van der Waals surface area contributed by atoms with Crippen LogP contribution in [0.5, 0.6) is 0 Å². The van der Waals surface area contributed by atoms with Crippen molar-refractivity contribution in [3.8, 4) is 0 Å². The minimum atomic E-state index is 0.539. The number of hydrogen-bond donors (Lipinski definition) is 0. The Kier molecular flexibility index (Phi) is 3.93. The maximum Gasteiger partial charge on any atom is 0.129 e. The average Bonchev–Trinajstić information content (AvgIpc) is 2.01. The normalized spacial score (nSPS) is 21.6. The van der Waals surface area contributed by atoms with Crippen LogP contribution >= 0.6 is 0 Å². The highest BCUT2D eigenvalue weighted by molar-refractivity contribution is 4.71. The Morgan fingerprint density at radius 1 is 1.10 bits per heavy atom. The summed E-state index contributed by atoms with van der Waals surface area (Å²) in [6.45, 7) is 0.539. The molecule has 0 aromatic carbocycles. The van der Waals surface area contributed by atoms with Gasteiger partial charge in [-0.25, -0.2) is 4.89 Å². The first-order valence-corrected chi connectivity index (χ1v) is 3.27. The highest BCUT2D eigenvalue weighted by Crippen LogP contribution is 2.00. The number of allylic oxidation sites excluding steroid dienone is 1. The molecule has 0 aromatic rings. The van der Waals surface area contributed by atoms with Gasteiger partial charge in [0.2, 0.25) is 0 Å². The second kappa shape index (κ2) is 5.22. The second-order valence-corrected chi connectivity index (χ2v) is 1.92. The van der Waals surface area contributed by atoms with Gasteiger partial charge in [-0.3, -0.25) is 0 Å². The summed E-state index contributed by atoms with van der Waals surface area (Å²) in [5.74, 6) is 0. The number of rotatable bonds is 0. The van der Waals surface area contributed by atoms with E-state index >= 15 is 0 Å². The van der Waals surface area contributed by atoms with Gasteiger partial charge in [-0.15, -0.1) is 0 Å². The molecule has 0 aromatic heterocycles. The van der Waals surface area contributed by atoms with Crippen LogP contribution in [0.1, 0.15) is 19.3 Å². The van der Waals surface area contributed by atoms with Crippen LogP contribution < -0.4 is 0 Å². The van der Waals surface area contributed by atoms with E-state index < -0.39 is 0 Å². The Bertz CT molecular complexity index is 89.9. The van der Waals surface area contributed by atoms with Gasteiger partial charge in [0, 0.05) is 5.04 Å². The van der Waals surface area contributed by atoms with Crippen LogP contribution in [0.3, 0.4) is 0 Å². The summed E-state index contributed by atoms with van der Waals surface area (Å²) in [6.07, 6.45) is 6.31. The lowest BCUT2D eigenvalue weighted by Crippen LogP contribution is -1.98. The first kappa shape index (κ1) is 7.53. The van der Waals surface area contributed by atoms with Gasteiger partial charge in [-0.2, -0.15) is 0 Å². The van der Waals surface area contributed by atoms with Gasteiger partial charge in [-0.05, 0) is 30.4 Å². The molecule has 58 valence electrons. The molecule has 0 atom stereocenters. The van der Waals surface area contributed by atoms with Gasteiger partial charge >= 0.3 is 0 Å². The van der Waals surface area contributed by atoms with Crippen molar-refractivity contribution < 1.29 is 19.9 Å². The van der Waals surface area contributed by atoms with Crippen molar-refractivity contribution in [2.24, 2.45) is 0 Å². The standard InChI is InChI=1S/C6H10O4/c1-2-4-6-8-10-9-7-5-3-1/h3,5H,1-2,4,6H2. The predicted molar refractivity (Wildman–Crippen MR) is 32.2 cm³/mol. The quantitative estimate of drug-likeness (QED) is 0.485. The molecule has 4 nitrogen and oxygen atoms in total. The van der Waals surface area contributed by atoms with Gasteiger partial charge in [0.25, 0.3) is 0 Å². The molecule has 4 heteroatoms. The molecule has 0 saturated heterocycles. The van der Waals surface area contributed by atoms with Crippen LogP contribution in [-0.2, 0) is 19.9 Å². The third kappa shape index (κ3) is 3.45. The zero-order valence-electron chi connectivity index (χ0n) is 5.62. The van der Waals surface area contributed by atoms with Crippen molar-refractivity contribution in [2.45, 2.75) is 19.3 Å². The molecule has 1 heterocycles. The highest BCUT2D eigenvalue weighted by atomic mass is 17.7. The van der Waals surface area contributed by atoms with E-state index in [-0.39, 0.29) is 0 Å². The molecule has 0 spiro atoms. The van der Waals surface area contributed by atoms with Gasteiger partial charge in [0.15, 0.2) is 0 Å². The van der Waals surface area contributed by atoms with Crippen molar-refractivity contribution in [2.75, 3.05) is 6.61 Å². The lowest BCUT2D eigenvalue weighted by molar-refractivity contribution is -0.621. The summed E-state index contributed by atoms with van der Waals surface area (Å²) in [6, 6.07) is 0. The molecular formula is C6H10O4. The topological polar surface area (TPSA) is 36.9 Å². The molecule has 0 unspecified atom stereocenters. The predicted octanol–water partition coefficient (Wildman–Crippen LogP) is 1.50. The second-order valence-electron chi connectivity index (χ2n) is 1.92. The molecule has 0 fully saturated rings. The van der Waals surface area contributed by atoms with Crippen LogP contribution in [0.4, 0.5) is 0 Å². The van der Waals surface area contributed by atoms with Crippen molar-refractivity contribution in [3.63, 3.8) is 0 Å². The first-order chi connectivity index (χ1) is 5.00. The molecule has 10 heavy (non-hydrogen) atoms. The number of hydrogen-bond acceptors (Lipinski definition) is 4. The molecule has 1 aliphatic heterocycles. The van der Waals surface area contributed by atoms with E-state index in [9.17, 15) is 0 Å². The van der Waals surface area contributed by atoms with E-state index in [1.54, 1.807) is 0 Å². The van der Waals surface area contributed by atoms with Gasteiger partial charge in [0.1, 0.15) is 6.26 Å². The van der Waals surface area contributed by atoms with Gasteiger partial charge < -0.3 is 4.89 Å². The Balaban J connectivity index is 2.13. The third-order valence-corrected chi connectivity index (χ3v) is 1.12. The minimum absolute atomic E-state index is 0.539. The maximum absolute atomic E-state index is 4.53. The Morgan fingerprint density at radius 3 is 3.10 bits per heavy atom. The lowest BCUT2D eigenvalue weighted by atomic mass is 10.2. The van der Waals surface area contributed by atoms with Crippen molar-refractivity contribution >= 4 is 0 Å². The Labute approximate surface area is 59.1 Å². The lowest BCUT2D eigenvalue weighted by Gasteiger charge is -2.01. The molecular weight excluding hydrogens is 136 g/mol. The van der Waals surface area contributed by atoms with E-state index in [0.717, 1.165) is 19.3 Å². The fourth-order valence-corrected chi connectivity index (χ4v) is 0.623. The summed E-state index contributed by atoms with van der Waals surface area (Å²) in [5, 5.41) is 8.24. The fourth-order valence-electron chi connectivity index (χ4n) is 0.623. The average molecular weight is 146 g/mol. The van der Waals surface area contributed by atoms with Gasteiger partial charge in [0.05, 0.1) is 6.61 Å². The molecule has 1 rings (SSSR count). The van der Waals surface area contributed by atoms with Crippen molar-refractivity contribution in [3.05, 3.63) is 12.3 Å². The fraction of sp³-hybridized carbons (Fsp3) is 0.667. The van der Waals surface area contributed by atoms with E-state index in [0.29, 0.717) is 6.61 Å². The van der Waals surface area contributed by atoms with Gasteiger partial charge in [-0.1, -0.05) is 0 Å². The Hall–Kier alpha value is -0.580. The Morgan fingerprint density at radius 2 is 2.10 bits per heavy atom. The molecule has 0 bridgehead atoms. The van der Waals surface area contributed by atoms with Crippen LogP contribution in [0.2, 0.25) is 0 Å². The third-order valence-electron chi connectivity index (χ3n) is 1.12. The summed E-state index contributed by atoms with van der Waals surface area (Å²) in [7, 11) is 0. The zero-order valence-corrected chi connectivity index (χ0v) is 5.62. The first-order valence-electron chi connectivity index (χ1n) is 3.27. The van der Waals surface area contributed by atoms with Crippen LogP contribution in [0.15, 0.2) is 12.3 Å². The van der Waals surface area contributed by atoms with E-state index in [4.69, 9.17) is 0 Å². The minimum Gasteiger partial charge on any atom is -0.314 e. The highest BCUT2D eigenvalue weighted by Gasteiger charge is 1.92. The molecule has 0 amide bonds. The summed E-state index contributed by atoms with van der Waals surface area (Å²) in [4.78, 5) is 8.91. The molecule has 0 N–H and O–H groups in total. The largest absolute Gasteiger partial charge is 0.314 e. The monoisotopic (exact) mass is 146 g/mol. The van der Waals surface area contributed by atoms with Crippen LogP contribution in [0.25, 0.3) is 0 Å². The molecule has 1 aliphatic rings. The van der Waals surface area contributed by atoms with E-state index in [2.05, 4.69) is 19.9 Å². The van der Waals surface area contributed by atoms with Crippen LogP contribution in [-0.4, -0.2) is 6.61 Å². The SMILES string of the molecule is C1=COOOOCCCC1. The molecule has 0 radical (unpaired) electrons. The van der Waals surface area contributed by atoms with Crippen molar-refractivity contribution in [1.29, 1.82) is 0 Å². The summed E-state index contributed by atoms with van der Waals surface area (Å²) < 4.78 is 0. The molecule has 0 saturated carbocycles. The summed E-state index contributed by atoms with van der Waals surface area (Å²) in [5.41, 5.74) is 0. The van der Waals surface area contributed by atoms with E-state index in [1.807, 2.05) is 6.08 Å². The summed E-state index contributed by atoms with van der Waals surface area (Å²) >= 11 is 0. The smallest absolute Gasteiger partial charge is 0.129 e.